The molecule has 0 aliphatic rings. The fourth-order valence-electron chi connectivity index (χ4n) is 2.67. The Balaban J connectivity index is 1.50. The standard InChI is InChI=1S/C23H22N4O3/c1-2-16-8-10-17(11-9-16)21(28)26-27-22(29)18-12-14-20(15-13-18)25-23(30)24-19-6-4-3-5-7-19/h3-15H,2H2,1H3,(H,26,28)(H,27,29)(H2,24,25,30). The molecule has 3 aromatic carbocycles. The highest BCUT2D eigenvalue weighted by Crippen LogP contribution is 2.11. The second kappa shape index (κ2) is 9.88. The average molecular weight is 402 g/mol. The minimum Gasteiger partial charge on any atom is -0.308 e. The predicted octanol–water partition coefficient (Wildman–Crippen LogP) is 3.97. The minimum atomic E-state index is -0.464. The summed E-state index contributed by atoms with van der Waals surface area (Å²) in [4.78, 5) is 36.4. The molecule has 0 fully saturated rings. The second-order valence-corrected chi connectivity index (χ2v) is 6.48. The average Bonchev–Trinajstić information content (AvgIpc) is 2.78. The van der Waals surface area contributed by atoms with Crippen molar-refractivity contribution in [3.8, 4) is 0 Å². The number of hydrogen-bond donors (Lipinski definition) is 4. The van der Waals surface area contributed by atoms with E-state index in [0.29, 0.717) is 22.5 Å². The molecule has 0 radical (unpaired) electrons. The molecule has 0 aromatic heterocycles. The number of nitrogens with one attached hydrogen (secondary N) is 4. The summed E-state index contributed by atoms with van der Waals surface area (Å²) in [5, 5.41) is 5.39. The highest BCUT2D eigenvalue weighted by atomic mass is 16.2. The van der Waals surface area contributed by atoms with E-state index in [4.69, 9.17) is 0 Å². The summed E-state index contributed by atoms with van der Waals surface area (Å²) in [6.45, 7) is 2.03. The van der Waals surface area contributed by atoms with Crippen LogP contribution in [0.2, 0.25) is 0 Å². The highest BCUT2D eigenvalue weighted by molar-refractivity contribution is 6.01. The van der Waals surface area contributed by atoms with Gasteiger partial charge in [-0.2, -0.15) is 0 Å². The van der Waals surface area contributed by atoms with Gasteiger partial charge in [0.1, 0.15) is 0 Å². The van der Waals surface area contributed by atoms with Crippen LogP contribution in [-0.4, -0.2) is 17.8 Å². The zero-order valence-corrected chi connectivity index (χ0v) is 16.4. The molecule has 0 aliphatic heterocycles. The smallest absolute Gasteiger partial charge is 0.308 e. The number of aryl methyl sites for hydroxylation is 1. The van der Waals surface area contributed by atoms with E-state index in [1.54, 1.807) is 48.5 Å². The Bertz CT molecular complexity index is 1020. The molecular formula is C23H22N4O3. The van der Waals surface area contributed by atoms with E-state index in [9.17, 15) is 14.4 Å². The first kappa shape index (κ1) is 20.6. The van der Waals surface area contributed by atoms with E-state index < -0.39 is 11.8 Å². The van der Waals surface area contributed by atoms with Gasteiger partial charge in [0.05, 0.1) is 0 Å². The highest BCUT2D eigenvalue weighted by Gasteiger charge is 2.10. The lowest BCUT2D eigenvalue weighted by atomic mass is 10.1. The van der Waals surface area contributed by atoms with Crippen molar-refractivity contribution in [1.82, 2.24) is 10.9 Å². The summed E-state index contributed by atoms with van der Waals surface area (Å²) in [6, 6.07) is 22.1. The van der Waals surface area contributed by atoms with Crippen LogP contribution >= 0.6 is 0 Å². The molecule has 0 atom stereocenters. The Kier molecular flexibility index (Phi) is 6.78. The maximum atomic E-state index is 12.2. The predicted molar refractivity (Wildman–Crippen MR) is 116 cm³/mol. The van der Waals surface area contributed by atoms with Gasteiger partial charge in [-0.05, 0) is 60.5 Å². The summed E-state index contributed by atoms with van der Waals surface area (Å²) in [7, 11) is 0. The topological polar surface area (TPSA) is 99.3 Å². The molecule has 4 N–H and O–H groups in total. The number of urea groups is 1. The Morgan fingerprint density at radius 3 is 1.60 bits per heavy atom. The molecule has 30 heavy (non-hydrogen) atoms. The number of rotatable bonds is 5. The van der Waals surface area contributed by atoms with Gasteiger partial charge in [0.15, 0.2) is 0 Å². The lowest BCUT2D eigenvalue weighted by Gasteiger charge is -2.10. The Labute approximate surface area is 174 Å². The van der Waals surface area contributed by atoms with E-state index in [-0.39, 0.29) is 6.03 Å². The van der Waals surface area contributed by atoms with Gasteiger partial charge in [-0.25, -0.2) is 4.79 Å². The van der Waals surface area contributed by atoms with Crippen molar-refractivity contribution in [3.05, 3.63) is 95.6 Å². The number of amides is 4. The van der Waals surface area contributed by atoms with Crippen LogP contribution in [0.25, 0.3) is 0 Å². The van der Waals surface area contributed by atoms with Crippen molar-refractivity contribution < 1.29 is 14.4 Å². The molecule has 3 rings (SSSR count). The Hall–Kier alpha value is -4.13. The third kappa shape index (κ3) is 5.68. The maximum absolute atomic E-state index is 12.2. The van der Waals surface area contributed by atoms with Crippen LogP contribution < -0.4 is 21.5 Å². The van der Waals surface area contributed by atoms with Gasteiger partial charge in [-0.1, -0.05) is 37.3 Å². The van der Waals surface area contributed by atoms with Crippen molar-refractivity contribution in [2.45, 2.75) is 13.3 Å². The van der Waals surface area contributed by atoms with Crippen LogP contribution in [0.15, 0.2) is 78.9 Å². The zero-order valence-electron chi connectivity index (χ0n) is 16.4. The fraction of sp³-hybridized carbons (Fsp3) is 0.0870. The molecule has 0 aliphatic carbocycles. The second-order valence-electron chi connectivity index (χ2n) is 6.48. The number of anilines is 2. The van der Waals surface area contributed by atoms with Gasteiger partial charge in [-0.3, -0.25) is 20.4 Å². The van der Waals surface area contributed by atoms with Gasteiger partial charge >= 0.3 is 6.03 Å². The third-order valence-corrected chi connectivity index (χ3v) is 4.35. The SMILES string of the molecule is CCc1ccc(C(=O)NNC(=O)c2ccc(NC(=O)Nc3ccccc3)cc2)cc1. The third-order valence-electron chi connectivity index (χ3n) is 4.35. The fourth-order valence-corrected chi connectivity index (χ4v) is 2.67. The monoisotopic (exact) mass is 402 g/mol. The quantitative estimate of drug-likeness (QED) is 0.486. The van der Waals surface area contributed by atoms with E-state index in [1.807, 2.05) is 37.3 Å². The molecule has 0 heterocycles. The van der Waals surface area contributed by atoms with Crippen LogP contribution in [0.4, 0.5) is 16.2 Å². The van der Waals surface area contributed by atoms with Crippen LogP contribution in [0, 0.1) is 0 Å². The van der Waals surface area contributed by atoms with Gasteiger partial charge in [0.2, 0.25) is 0 Å². The van der Waals surface area contributed by atoms with E-state index in [0.717, 1.165) is 12.0 Å². The lowest BCUT2D eigenvalue weighted by molar-refractivity contribution is 0.0846. The summed E-state index contributed by atoms with van der Waals surface area (Å²) in [5.41, 5.74) is 7.89. The van der Waals surface area contributed by atoms with Crippen molar-refractivity contribution in [2.24, 2.45) is 0 Å². The molecule has 0 unspecified atom stereocenters. The first-order chi connectivity index (χ1) is 14.5. The van der Waals surface area contributed by atoms with Crippen molar-refractivity contribution >= 4 is 29.2 Å². The van der Waals surface area contributed by atoms with Gasteiger partial charge in [-0.15, -0.1) is 0 Å². The summed E-state index contributed by atoms with van der Waals surface area (Å²) in [6.07, 6.45) is 0.886. The van der Waals surface area contributed by atoms with Crippen molar-refractivity contribution in [2.75, 3.05) is 10.6 Å². The van der Waals surface area contributed by atoms with Crippen molar-refractivity contribution in [3.63, 3.8) is 0 Å². The molecule has 0 saturated carbocycles. The molecule has 7 nitrogen and oxygen atoms in total. The number of benzene rings is 3. The van der Waals surface area contributed by atoms with Crippen molar-refractivity contribution in [1.29, 1.82) is 0 Å². The van der Waals surface area contributed by atoms with Crippen LogP contribution in [-0.2, 0) is 6.42 Å². The summed E-state index contributed by atoms with van der Waals surface area (Å²) >= 11 is 0. The van der Waals surface area contributed by atoms with E-state index in [1.165, 1.54) is 0 Å². The zero-order chi connectivity index (χ0) is 21.3. The van der Waals surface area contributed by atoms with E-state index >= 15 is 0 Å². The van der Waals surface area contributed by atoms with Crippen LogP contribution in [0.3, 0.4) is 0 Å². The van der Waals surface area contributed by atoms with E-state index in [2.05, 4.69) is 21.5 Å². The normalized spacial score (nSPS) is 10.0. The molecule has 0 spiro atoms. The number of hydrogen-bond acceptors (Lipinski definition) is 3. The first-order valence-electron chi connectivity index (χ1n) is 9.48. The number of carbonyl (C=O) groups excluding carboxylic acids is 3. The van der Waals surface area contributed by atoms with Crippen LogP contribution in [0.1, 0.15) is 33.2 Å². The van der Waals surface area contributed by atoms with Gasteiger partial charge in [0, 0.05) is 22.5 Å². The summed E-state index contributed by atoms with van der Waals surface area (Å²) in [5.74, 6) is -0.865. The Morgan fingerprint density at radius 1 is 0.633 bits per heavy atom. The largest absolute Gasteiger partial charge is 0.323 e. The summed E-state index contributed by atoms with van der Waals surface area (Å²) < 4.78 is 0. The van der Waals surface area contributed by atoms with Gasteiger partial charge < -0.3 is 10.6 Å². The molecular weight excluding hydrogens is 380 g/mol. The lowest BCUT2D eigenvalue weighted by Crippen LogP contribution is -2.41. The van der Waals surface area contributed by atoms with Crippen LogP contribution in [0.5, 0.6) is 0 Å². The first-order valence-corrected chi connectivity index (χ1v) is 9.48. The number of carbonyl (C=O) groups is 3. The molecule has 7 heteroatoms. The number of para-hydroxylation sites is 1. The van der Waals surface area contributed by atoms with Gasteiger partial charge in [0.25, 0.3) is 11.8 Å². The molecule has 4 amide bonds. The Morgan fingerprint density at radius 2 is 1.10 bits per heavy atom. The maximum Gasteiger partial charge on any atom is 0.323 e. The molecule has 0 bridgehead atoms. The molecule has 152 valence electrons. The molecule has 0 saturated heterocycles. The number of hydrazine groups is 1. The molecule has 3 aromatic rings. The minimum absolute atomic E-state index is 0.339.